The van der Waals surface area contributed by atoms with Crippen LogP contribution in [0.1, 0.15) is 63.9 Å². The van der Waals surface area contributed by atoms with Crippen LogP contribution in [-0.2, 0) is 13.0 Å². The molecule has 31 heavy (non-hydrogen) atoms. The molecule has 8 heteroatoms. The van der Waals surface area contributed by atoms with Crippen LogP contribution in [-0.4, -0.2) is 43.5 Å². The highest BCUT2D eigenvalue weighted by Gasteiger charge is 2.43. The summed E-state index contributed by atoms with van der Waals surface area (Å²) in [6.45, 7) is 5.83. The first-order valence-electron chi connectivity index (χ1n) is 11.2. The Bertz CT molecular complexity index is 1160. The van der Waals surface area contributed by atoms with Crippen LogP contribution >= 0.6 is 0 Å². The number of carbonyl (C=O) groups excluding carboxylic acids is 1. The topological polar surface area (TPSA) is 91.7 Å². The molecule has 0 unspecified atom stereocenters. The fourth-order valence-electron chi connectivity index (χ4n) is 5.34. The second kappa shape index (κ2) is 6.93. The van der Waals surface area contributed by atoms with Gasteiger partial charge in [-0.1, -0.05) is 6.07 Å². The van der Waals surface area contributed by atoms with Gasteiger partial charge in [0.15, 0.2) is 0 Å². The number of pyridine rings is 1. The lowest BCUT2D eigenvalue weighted by Crippen LogP contribution is -2.29. The molecule has 2 bridgehead atoms. The minimum absolute atomic E-state index is 0.0357. The van der Waals surface area contributed by atoms with E-state index in [2.05, 4.69) is 44.6 Å². The molecular weight excluding hydrogens is 390 g/mol. The number of amides is 1. The molecule has 1 amide bonds. The molecular formula is C23H27N7O. The van der Waals surface area contributed by atoms with Crippen LogP contribution in [0.2, 0.25) is 0 Å². The average molecular weight is 418 g/mol. The Labute approximate surface area is 181 Å². The number of H-pyrrole nitrogens is 1. The number of aromatic nitrogens is 5. The van der Waals surface area contributed by atoms with Gasteiger partial charge in [0.2, 0.25) is 0 Å². The van der Waals surface area contributed by atoms with Crippen LogP contribution in [0.3, 0.4) is 0 Å². The van der Waals surface area contributed by atoms with Gasteiger partial charge in [0.25, 0.3) is 5.91 Å². The van der Waals surface area contributed by atoms with E-state index in [-0.39, 0.29) is 11.9 Å². The second-order valence-electron chi connectivity index (χ2n) is 9.26. The summed E-state index contributed by atoms with van der Waals surface area (Å²) in [6, 6.07) is 4.93. The molecule has 3 aromatic rings. The summed E-state index contributed by atoms with van der Waals surface area (Å²) in [6.07, 6.45) is 7.93. The summed E-state index contributed by atoms with van der Waals surface area (Å²) in [5, 5.41) is 14.9. The number of anilines is 1. The zero-order valence-corrected chi connectivity index (χ0v) is 17.9. The van der Waals surface area contributed by atoms with Gasteiger partial charge in [-0.3, -0.25) is 14.6 Å². The highest BCUT2D eigenvalue weighted by molar-refractivity contribution is 5.94. The number of hydrogen-bond donors (Lipinski definition) is 2. The maximum absolute atomic E-state index is 12.8. The molecule has 4 aliphatic rings. The summed E-state index contributed by atoms with van der Waals surface area (Å²) in [4.78, 5) is 20.1. The van der Waals surface area contributed by atoms with Crippen LogP contribution in [0.5, 0.6) is 0 Å². The third kappa shape index (κ3) is 3.12. The minimum Gasteiger partial charge on any atom is -0.353 e. The first-order valence-corrected chi connectivity index (χ1v) is 11.2. The minimum atomic E-state index is -0.108. The van der Waals surface area contributed by atoms with Crippen molar-refractivity contribution in [2.75, 3.05) is 11.4 Å². The zero-order valence-electron chi connectivity index (χ0n) is 17.9. The quantitative estimate of drug-likeness (QED) is 0.666. The Morgan fingerprint density at radius 1 is 1.29 bits per heavy atom. The number of nitrogens with one attached hydrogen (secondary N) is 2. The van der Waals surface area contributed by atoms with Crippen molar-refractivity contribution in [2.45, 2.75) is 58.2 Å². The van der Waals surface area contributed by atoms with Crippen LogP contribution in [0.4, 0.5) is 5.82 Å². The predicted molar refractivity (Wildman–Crippen MR) is 116 cm³/mol. The molecule has 7 rings (SSSR count). The fraction of sp³-hybridized carbons (Fsp3) is 0.478. The van der Waals surface area contributed by atoms with Crippen molar-refractivity contribution in [1.29, 1.82) is 0 Å². The van der Waals surface area contributed by atoms with Gasteiger partial charge < -0.3 is 10.2 Å². The van der Waals surface area contributed by atoms with E-state index in [0.717, 1.165) is 53.8 Å². The van der Waals surface area contributed by atoms with Gasteiger partial charge in [0.1, 0.15) is 5.82 Å². The lowest BCUT2D eigenvalue weighted by molar-refractivity contribution is 0.0936. The Kier molecular flexibility index (Phi) is 4.16. The second-order valence-corrected chi connectivity index (χ2v) is 9.26. The van der Waals surface area contributed by atoms with Crippen LogP contribution in [0, 0.1) is 19.8 Å². The molecule has 3 fully saturated rings. The van der Waals surface area contributed by atoms with E-state index in [1.54, 1.807) is 6.20 Å². The molecule has 3 aromatic heterocycles. The van der Waals surface area contributed by atoms with E-state index in [1.807, 2.05) is 17.8 Å². The maximum atomic E-state index is 12.8. The summed E-state index contributed by atoms with van der Waals surface area (Å²) in [5.41, 5.74) is 6.01. The van der Waals surface area contributed by atoms with E-state index in [9.17, 15) is 4.79 Å². The molecule has 160 valence electrons. The lowest BCUT2D eigenvalue weighted by Gasteiger charge is -2.26. The molecule has 2 aliphatic heterocycles. The maximum Gasteiger partial charge on any atom is 0.255 e. The smallest absolute Gasteiger partial charge is 0.255 e. The third-order valence-electron chi connectivity index (χ3n) is 7.23. The Morgan fingerprint density at radius 3 is 2.94 bits per heavy atom. The van der Waals surface area contributed by atoms with Gasteiger partial charge in [-0.2, -0.15) is 10.2 Å². The van der Waals surface area contributed by atoms with Crippen LogP contribution < -0.4 is 10.2 Å². The Balaban J connectivity index is 1.13. The first kappa shape index (κ1) is 18.6. The van der Waals surface area contributed by atoms with E-state index in [1.165, 1.54) is 18.4 Å². The number of aromatic amines is 1. The number of rotatable bonds is 5. The standard InChI is InChI=1S/C23H27N7O/c1-13-16(3-6-21(25-13)30-10-15-7-18(30)8-15)11-29-12-17(9-24-29)23(31)26-20-5-4-19-14(2)27-28-22(19)20/h3,6,9,12,15,18,20H,4-5,7-8,10-11H2,1-2H3,(H,26,31)(H,27,28)/t15?,18?,20-/m1/s1. The lowest BCUT2D eigenvalue weighted by atomic mass is 9.86. The average Bonchev–Trinajstić information content (AvgIpc) is 3.52. The molecule has 0 spiro atoms. The third-order valence-corrected chi connectivity index (χ3v) is 7.23. The van der Waals surface area contributed by atoms with Gasteiger partial charge in [-0.15, -0.1) is 0 Å². The SMILES string of the molecule is Cc1nc(N2CC3CC2C3)ccc1Cn1cc(C(=O)N[C@@H]2CCc3c2n[nH]c3C)cn1. The van der Waals surface area contributed by atoms with Crippen LogP contribution in [0.25, 0.3) is 0 Å². The van der Waals surface area contributed by atoms with Crippen molar-refractivity contribution < 1.29 is 4.79 Å². The van der Waals surface area contributed by atoms with Gasteiger partial charge in [0.05, 0.1) is 30.0 Å². The molecule has 2 aliphatic carbocycles. The number of fused-ring (bicyclic) bond motifs is 2. The van der Waals surface area contributed by atoms with Crippen molar-refractivity contribution in [1.82, 2.24) is 30.3 Å². The molecule has 1 saturated carbocycles. The molecule has 8 nitrogen and oxygen atoms in total. The van der Waals surface area contributed by atoms with Gasteiger partial charge in [0, 0.05) is 30.2 Å². The summed E-state index contributed by atoms with van der Waals surface area (Å²) >= 11 is 0. The number of aryl methyl sites for hydroxylation is 2. The fourth-order valence-corrected chi connectivity index (χ4v) is 5.34. The van der Waals surface area contributed by atoms with E-state index >= 15 is 0 Å². The Hall–Kier alpha value is -3.16. The van der Waals surface area contributed by atoms with E-state index in [0.29, 0.717) is 18.2 Å². The molecule has 0 radical (unpaired) electrons. The monoisotopic (exact) mass is 417 g/mol. The van der Waals surface area contributed by atoms with Crippen molar-refractivity contribution >= 4 is 11.7 Å². The van der Waals surface area contributed by atoms with Crippen molar-refractivity contribution in [3.63, 3.8) is 0 Å². The number of nitrogens with zero attached hydrogens (tertiary/aromatic N) is 5. The predicted octanol–water partition coefficient (Wildman–Crippen LogP) is 2.68. The number of hydrogen-bond acceptors (Lipinski definition) is 5. The summed E-state index contributed by atoms with van der Waals surface area (Å²) in [5.74, 6) is 1.85. The normalized spacial score (nSPS) is 23.7. The molecule has 1 atom stereocenters. The highest BCUT2D eigenvalue weighted by Crippen LogP contribution is 2.42. The van der Waals surface area contributed by atoms with Gasteiger partial charge in [-0.05, 0) is 62.6 Å². The van der Waals surface area contributed by atoms with Crippen molar-refractivity contribution in [3.05, 3.63) is 58.3 Å². The van der Waals surface area contributed by atoms with E-state index in [4.69, 9.17) is 4.98 Å². The molecule has 0 aromatic carbocycles. The highest BCUT2D eigenvalue weighted by atomic mass is 16.1. The first-order chi connectivity index (χ1) is 15.0. The van der Waals surface area contributed by atoms with Crippen molar-refractivity contribution in [2.24, 2.45) is 5.92 Å². The molecule has 2 N–H and O–H groups in total. The summed E-state index contributed by atoms with van der Waals surface area (Å²) < 4.78 is 1.81. The van der Waals surface area contributed by atoms with E-state index < -0.39 is 0 Å². The molecule has 2 saturated heterocycles. The van der Waals surface area contributed by atoms with Crippen LogP contribution in [0.15, 0.2) is 24.5 Å². The number of carbonyl (C=O) groups is 1. The largest absolute Gasteiger partial charge is 0.353 e. The van der Waals surface area contributed by atoms with Gasteiger partial charge in [-0.25, -0.2) is 4.98 Å². The van der Waals surface area contributed by atoms with Gasteiger partial charge >= 0.3 is 0 Å². The molecule has 5 heterocycles. The zero-order chi connectivity index (χ0) is 21.1. The van der Waals surface area contributed by atoms with Crippen molar-refractivity contribution in [3.8, 4) is 0 Å². The Morgan fingerprint density at radius 2 is 2.16 bits per heavy atom. The summed E-state index contributed by atoms with van der Waals surface area (Å²) in [7, 11) is 0.